The van der Waals surface area contributed by atoms with Gasteiger partial charge in [-0.2, -0.15) is 0 Å². The molecular weight excluding hydrogens is 210 g/mol. The predicted octanol–water partition coefficient (Wildman–Crippen LogP) is 1.98. The number of carbonyl (C=O) groups is 1. The minimum Gasteiger partial charge on any atom is -0.396 e. The van der Waals surface area contributed by atoms with Crippen molar-refractivity contribution in [1.29, 1.82) is 0 Å². The van der Waals surface area contributed by atoms with Crippen LogP contribution < -0.4 is 5.32 Å². The van der Waals surface area contributed by atoms with Crippen LogP contribution in [0.2, 0.25) is 0 Å². The largest absolute Gasteiger partial charge is 0.396 e. The summed E-state index contributed by atoms with van der Waals surface area (Å²) in [7, 11) is 0. The lowest BCUT2D eigenvalue weighted by Gasteiger charge is -2.07. The molecule has 2 N–H and O–H groups in total. The fourth-order valence-electron chi connectivity index (χ4n) is 1.32. The molecule has 0 unspecified atom stereocenters. The number of carbonyl (C=O) groups excluding carboxylic acids is 1. The van der Waals surface area contributed by atoms with Gasteiger partial charge < -0.3 is 10.4 Å². The van der Waals surface area contributed by atoms with Crippen LogP contribution in [0.25, 0.3) is 0 Å². The Hall–Kier alpha value is -0.870. The molecule has 0 atom stereocenters. The molecule has 0 radical (unpaired) electrons. The summed E-state index contributed by atoms with van der Waals surface area (Å²) in [6.45, 7) is 4.80. The number of nitrogens with one attached hydrogen (secondary N) is 1. The van der Waals surface area contributed by atoms with Crippen molar-refractivity contribution in [2.24, 2.45) is 0 Å². The smallest absolute Gasteiger partial charge is 0.261 e. The molecule has 0 fully saturated rings. The van der Waals surface area contributed by atoms with E-state index in [0.29, 0.717) is 18.9 Å². The van der Waals surface area contributed by atoms with Crippen molar-refractivity contribution >= 4 is 17.2 Å². The highest BCUT2D eigenvalue weighted by atomic mass is 32.1. The fourth-order valence-corrected chi connectivity index (χ4v) is 2.29. The Morgan fingerprint density at radius 2 is 2.33 bits per heavy atom. The van der Waals surface area contributed by atoms with Crippen LogP contribution >= 0.6 is 11.3 Å². The summed E-state index contributed by atoms with van der Waals surface area (Å²) >= 11 is 1.47. The third kappa shape index (κ3) is 3.32. The molecule has 4 heteroatoms. The Balaban J connectivity index is 2.61. The lowest BCUT2D eigenvalue weighted by molar-refractivity contribution is 0.0954. The van der Waals surface area contributed by atoms with Gasteiger partial charge in [-0.25, -0.2) is 0 Å². The van der Waals surface area contributed by atoms with E-state index in [1.807, 2.05) is 11.4 Å². The molecule has 1 aromatic rings. The van der Waals surface area contributed by atoms with Gasteiger partial charge in [0.05, 0.1) is 4.88 Å². The van der Waals surface area contributed by atoms with Crippen LogP contribution in [0.1, 0.15) is 41.4 Å². The van der Waals surface area contributed by atoms with Crippen LogP contribution in [0.5, 0.6) is 0 Å². The van der Waals surface area contributed by atoms with Gasteiger partial charge in [-0.05, 0) is 29.3 Å². The van der Waals surface area contributed by atoms with Crippen molar-refractivity contribution in [3.8, 4) is 0 Å². The minimum absolute atomic E-state index is 0.0258. The first kappa shape index (κ1) is 12.2. The van der Waals surface area contributed by atoms with Crippen molar-refractivity contribution in [3.05, 3.63) is 21.9 Å². The van der Waals surface area contributed by atoms with Crippen LogP contribution in [-0.4, -0.2) is 24.2 Å². The third-order valence-electron chi connectivity index (χ3n) is 2.14. The molecule has 1 rings (SSSR count). The number of rotatable bonds is 5. The fraction of sp³-hybridized carbons (Fsp3) is 0.545. The van der Waals surface area contributed by atoms with Gasteiger partial charge in [0, 0.05) is 13.2 Å². The first-order chi connectivity index (χ1) is 7.16. The zero-order valence-electron chi connectivity index (χ0n) is 9.12. The SMILES string of the molecule is CC(C)c1ccsc1C(=O)NCCCO. The zero-order chi connectivity index (χ0) is 11.3. The average molecular weight is 227 g/mol. The molecule has 0 aromatic carbocycles. The van der Waals surface area contributed by atoms with Gasteiger partial charge >= 0.3 is 0 Å². The second kappa shape index (κ2) is 5.88. The van der Waals surface area contributed by atoms with Gasteiger partial charge in [0.2, 0.25) is 0 Å². The standard InChI is InChI=1S/C11H17NO2S/c1-8(2)9-4-7-15-10(9)11(14)12-5-3-6-13/h4,7-8,13H,3,5-6H2,1-2H3,(H,12,14). The van der Waals surface area contributed by atoms with E-state index in [4.69, 9.17) is 5.11 Å². The maximum Gasteiger partial charge on any atom is 0.261 e. The monoisotopic (exact) mass is 227 g/mol. The molecular formula is C11H17NO2S. The van der Waals surface area contributed by atoms with E-state index in [1.54, 1.807) is 0 Å². The van der Waals surface area contributed by atoms with Gasteiger partial charge in [-0.3, -0.25) is 4.79 Å². The van der Waals surface area contributed by atoms with Crippen molar-refractivity contribution in [2.75, 3.05) is 13.2 Å². The van der Waals surface area contributed by atoms with Gasteiger partial charge in [-0.1, -0.05) is 13.8 Å². The van der Waals surface area contributed by atoms with Crippen LogP contribution in [0.15, 0.2) is 11.4 Å². The van der Waals surface area contributed by atoms with E-state index in [1.165, 1.54) is 11.3 Å². The van der Waals surface area contributed by atoms with Crippen LogP contribution in [0, 0.1) is 0 Å². The summed E-state index contributed by atoms with van der Waals surface area (Å²) in [6, 6.07) is 2.00. The number of aliphatic hydroxyl groups is 1. The molecule has 0 aliphatic heterocycles. The van der Waals surface area contributed by atoms with Crippen LogP contribution in [0.3, 0.4) is 0 Å². The number of thiophene rings is 1. The van der Waals surface area contributed by atoms with Gasteiger partial charge in [0.25, 0.3) is 5.91 Å². The maximum absolute atomic E-state index is 11.7. The highest BCUT2D eigenvalue weighted by Crippen LogP contribution is 2.24. The highest BCUT2D eigenvalue weighted by Gasteiger charge is 2.14. The molecule has 0 spiro atoms. The van der Waals surface area contributed by atoms with Crippen molar-refractivity contribution in [1.82, 2.24) is 5.32 Å². The predicted molar refractivity (Wildman–Crippen MR) is 62.4 cm³/mol. The molecule has 1 amide bonds. The lowest BCUT2D eigenvalue weighted by atomic mass is 10.0. The van der Waals surface area contributed by atoms with Crippen molar-refractivity contribution in [2.45, 2.75) is 26.2 Å². The molecule has 0 aliphatic rings. The van der Waals surface area contributed by atoms with E-state index < -0.39 is 0 Å². The normalized spacial score (nSPS) is 10.7. The molecule has 84 valence electrons. The quantitative estimate of drug-likeness (QED) is 0.756. The number of aliphatic hydroxyl groups excluding tert-OH is 1. The van der Waals surface area contributed by atoms with Gasteiger partial charge in [-0.15, -0.1) is 11.3 Å². The Kier molecular flexibility index (Phi) is 4.78. The first-order valence-electron chi connectivity index (χ1n) is 5.13. The number of amides is 1. The first-order valence-corrected chi connectivity index (χ1v) is 6.01. The summed E-state index contributed by atoms with van der Waals surface area (Å²) in [4.78, 5) is 12.5. The number of hydrogen-bond acceptors (Lipinski definition) is 3. The lowest BCUT2D eigenvalue weighted by Crippen LogP contribution is -2.25. The molecule has 0 saturated carbocycles. The maximum atomic E-state index is 11.7. The summed E-state index contributed by atoms with van der Waals surface area (Å²) in [5, 5.41) is 13.3. The molecule has 0 aliphatic carbocycles. The van der Waals surface area contributed by atoms with E-state index in [2.05, 4.69) is 19.2 Å². The second-order valence-electron chi connectivity index (χ2n) is 3.69. The van der Waals surface area contributed by atoms with E-state index in [0.717, 1.165) is 10.4 Å². The van der Waals surface area contributed by atoms with Crippen LogP contribution in [-0.2, 0) is 0 Å². The van der Waals surface area contributed by atoms with Crippen molar-refractivity contribution < 1.29 is 9.90 Å². The minimum atomic E-state index is -0.0258. The Bertz CT molecular complexity index is 320. The second-order valence-corrected chi connectivity index (χ2v) is 4.61. The Labute approximate surface area is 94.1 Å². The summed E-state index contributed by atoms with van der Waals surface area (Å²) < 4.78 is 0. The Morgan fingerprint density at radius 1 is 1.60 bits per heavy atom. The zero-order valence-corrected chi connectivity index (χ0v) is 9.93. The molecule has 0 bridgehead atoms. The van der Waals surface area contributed by atoms with Gasteiger partial charge in [0.15, 0.2) is 0 Å². The van der Waals surface area contributed by atoms with E-state index in [-0.39, 0.29) is 12.5 Å². The summed E-state index contributed by atoms with van der Waals surface area (Å²) in [5.74, 6) is 0.344. The molecule has 0 saturated heterocycles. The average Bonchev–Trinajstić information content (AvgIpc) is 2.66. The van der Waals surface area contributed by atoms with E-state index in [9.17, 15) is 4.79 Å². The molecule has 3 nitrogen and oxygen atoms in total. The van der Waals surface area contributed by atoms with Crippen LogP contribution in [0.4, 0.5) is 0 Å². The number of hydrogen-bond donors (Lipinski definition) is 2. The topological polar surface area (TPSA) is 49.3 Å². The molecule has 1 aromatic heterocycles. The Morgan fingerprint density at radius 3 is 2.93 bits per heavy atom. The van der Waals surface area contributed by atoms with Gasteiger partial charge in [0.1, 0.15) is 0 Å². The molecule has 15 heavy (non-hydrogen) atoms. The van der Waals surface area contributed by atoms with E-state index >= 15 is 0 Å². The third-order valence-corrected chi connectivity index (χ3v) is 3.07. The summed E-state index contributed by atoms with van der Waals surface area (Å²) in [6.07, 6.45) is 0.605. The van der Waals surface area contributed by atoms with Crippen molar-refractivity contribution in [3.63, 3.8) is 0 Å². The highest BCUT2D eigenvalue weighted by molar-refractivity contribution is 7.12. The molecule has 1 heterocycles. The summed E-state index contributed by atoms with van der Waals surface area (Å²) in [5.41, 5.74) is 1.10.